The van der Waals surface area contributed by atoms with Gasteiger partial charge in [0.25, 0.3) is 0 Å². The van der Waals surface area contributed by atoms with E-state index in [1.165, 1.54) is 0 Å². The third-order valence-electron chi connectivity index (χ3n) is 4.32. The van der Waals surface area contributed by atoms with Crippen LogP contribution in [0, 0.1) is 0 Å². The van der Waals surface area contributed by atoms with Gasteiger partial charge in [-0.15, -0.1) is 0 Å². The highest BCUT2D eigenvalue weighted by Crippen LogP contribution is 2.36. The van der Waals surface area contributed by atoms with Crippen LogP contribution in [0.4, 0.5) is 0 Å². The molecule has 0 bridgehead atoms. The van der Waals surface area contributed by atoms with Gasteiger partial charge in [0.05, 0.1) is 43.7 Å². The van der Waals surface area contributed by atoms with Gasteiger partial charge in [-0.05, 0) is 27.7 Å². The van der Waals surface area contributed by atoms with Crippen molar-refractivity contribution in [3.63, 3.8) is 0 Å². The number of rotatable bonds is 8. The van der Waals surface area contributed by atoms with Gasteiger partial charge in [0, 0.05) is 25.0 Å². The average molecular weight is 326 g/mol. The Balaban J connectivity index is 1.87. The summed E-state index contributed by atoms with van der Waals surface area (Å²) >= 11 is 0. The summed E-state index contributed by atoms with van der Waals surface area (Å²) in [5.74, 6) is 0. The molecule has 1 aromatic rings. The molecule has 1 aliphatic heterocycles. The van der Waals surface area contributed by atoms with Gasteiger partial charge in [-0.3, -0.25) is 4.68 Å². The maximum absolute atomic E-state index is 9.95. The van der Waals surface area contributed by atoms with Crippen molar-refractivity contribution in [2.75, 3.05) is 26.9 Å². The SMILES string of the molecule is COCCOCC(O)Cn1cc(B2OC(C)(C)C(C)(C)O2)cn1. The second kappa shape index (κ2) is 7.31. The predicted octanol–water partition coefficient (Wildman–Crippen LogP) is 0.206. The number of hydrogen-bond acceptors (Lipinski definition) is 6. The summed E-state index contributed by atoms with van der Waals surface area (Å²) in [5.41, 5.74) is 0.0827. The number of methoxy groups -OCH3 is 1. The van der Waals surface area contributed by atoms with Crippen molar-refractivity contribution in [2.45, 2.75) is 51.5 Å². The largest absolute Gasteiger partial charge is 0.498 e. The molecule has 1 saturated heterocycles. The van der Waals surface area contributed by atoms with Crippen molar-refractivity contribution in [3.8, 4) is 0 Å². The Hall–Kier alpha value is -0.925. The first-order valence-electron chi connectivity index (χ1n) is 7.88. The highest BCUT2D eigenvalue weighted by Gasteiger charge is 2.52. The zero-order valence-electron chi connectivity index (χ0n) is 14.6. The molecule has 1 unspecified atom stereocenters. The predicted molar refractivity (Wildman–Crippen MR) is 86.6 cm³/mol. The molecule has 2 rings (SSSR count). The molecular formula is C15H27BN2O5. The highest BCUT2D eigenvalue weighted by atomic mass is 16.7. The molecule has 0 aliphatic carbocycles. The molecule has 0 radical (unpaired) electrons. The van der Waals surface area contributed by atoms with E-state index in [1.807, 2.05) is 33.9 Å². The van der Waals surface area contributed by atoms with E-state index in [2.05, 4.69) is 5.10 Å². The molecule has 0 saturated carbocycles. The maximum atomic E-state index is 9.95. The van der Waals surface area contributed by atoms with Gasteiger partial charge in [0.2, 0.25) is 0 Å². The van der Waals surface area contributed by atoms with Gasteiger partial charge in [0.15, 0.2) is 0 Å². The van der Waals surface area contributed by atoms with E-state index in [0.717, 1.165) is 5.46 Å². The minimum Gasteiger partial charge on any atom is -0.399 e. The van der Waals surface area contributed by atoms with Gasteiger partial charge in [0.1, 0.15) is 0 Å². The van der Waals surface area contributed by atoms with Crippen LogP contribution in [-0.4, -0.2) is 66.2 Å². The highest BCUT2D eigenvalue weighted by molar-refractivity contribution is 6.61. The van der Waals surface area contributed by atoms with E-state index >= 15 is 0 Å². The molecule has 1 fully saturated rings. The summed E-state index contributed by atoms with van der Waals surface area (Å²) in [5, 5.41) is 14.2. The fourth-order valence-corrected chi connectivity index (χ4v) is 2.21. The van der Waals surface area contributed by atoms with Crippen LogP contribution in [0.1, 0.15) is 27.7 Å². The van der Waals surface area contributed by atoms with Crippen LogP contribution in [0.15, 0.2) is 12.4 Å². The number of aromatic nitrogens is 2. The van der Waals surface area contributed by atoms with E-state index in [9.17, 15) is 5.11 Å². The molecule has 1 atom stereocenters. The number of ether oxygens (including phenoxy) is 2. The lowest BCUT2D eigenvalue weighted by Gasteiger charge is -2.32. The Kier molecular flexibility index (Phi) is 5.86. The first-order chi connectivity index (χ1) is 10.7. The summed E-state index contributed by atoms with van der Waals surface area (Å²) in [4.78, 5) is 0. The number of nitrogens with zero attached hydrogens (tertiary/aromatic N) is 2. The second-order valence-corrected chi connectivity index (χ2v) is 6.81. The quantitative estimate of drug-likeness (QED) is 0.544. The van der Waals surface area contributed by atoms with Gasteiger partial charge in [-0.25, -0.2) is 0 Å². The molecule has 1 N–H and O–H groups in total. The van der Waals surface area contributed by atoms with Crippen molar-refractivity contribution in [3.05, 3.63) is 12.4 Å². The monoisotopic (exact) mass is 326 g/mol. The smallest absolute Gasteiger partial charge is 0.399 e. The van der Waals surface area contributed by atoms with Crippen LogP contribution >= 0.6 is 0 Å². The van der Waals surface area contributed by atoms with Crippen molar-refractivity contribution in [1.82, 2.24) is 9.78 Å². The first-order valence-corrected chi connectivity index (χ1v) is 7.88. The number of aliphatic hydroxyl groups is 1. The first kappa shape index (κ1) is 18.4. The van der Waals surface area contributed by atoms with E-state index in [4.69, 9.17) is 18.8 Å². The fraction of sp³-hybridized carbons (Fsp3) is 0.800. The lowest BCUT2D eigenvalue weighted by Crippen LogP contribution is -2.41. The van der Waals surface area contributed by atoms with Crippen molar-refractivity contribution < 1.29 is 23.9 Å². The molecule has 1 aromatic heterocycles. The van der Waals surface area contributed by atoms with Crippen LogP contribution in [0.5, 0.6) is 0 Å². The third kappa shape index (κ3) is 4.55. The summed E-state index contributed by atoms with van der Waals surface area (Å²) in [6, 6.07) is 0. The molecule has 0 spiro atoms. The van der Waals surface area contributed by atoms with Crippen molar-refractivity contribution in [1.29, 1.82) is 0 Å². The molecule has 7 nitrogen and oxygen atoms in total. The fourth-order valence-electron chi connectivity index (χ4n) is 2.21. The lowest BCUT2D eigenvalue weighted by atomic mass is 9.82. The van der Waals surface area contributed by atoms with Gasteiger partial charge in [-0.2, -0.15) is 5.10 Å². The van der Waals surface area contributed by atoms with Crippen LogP contribution in [0.2, 0.25) is 0 Å². The molecule has 0 aromatic carbocycles. The minimum atomic E-state index is -0.627. The molecule has 1 aliphatic rings. The Morgan fingerprint density at radius 1 is 1.26 bits per heavy atom. The van der Waals surface area contributed by atoms with Gasteiger partial charge >= 0.3 is 7.12 Å². The summed E-state index contributed by atoms with van der Waals surface area (Å²) in [7, 11) is 1.17. The zero-order valence-corrected chi connectivity index (χ0v) is 14.6. The standard InChI is InChI=1S/C15H27BN2O5/c1-14(2)15(3,4)23-16(22-14)12-8-17-18(9-12)10-13(19)11-21-7-6-20-5/h8-9,13,19H,6-7,10-11H2,1-5H3. The van der Waals surface area contributed by atoms with Crippen LogP contribution < -0.4 is 5.46 Å². The van der Waals surface area contributed by atoms with Gasteiger partial charge in [-0.1, -0.05) is 0 Å². The third-order valence-corrected chi connectivity index (χ3v) is 4.32. The van der Waals surface area contributed by atoms with Crippen molar-refractivity contribution >= 4 is 12.6 Å². The number of hydrogen-bond donors (Lipinski definition) is 1. The molecule has 130 valence electrons. The van der Waals surface area contributed by atoms with E-state index in [0.29, 0.717) is 19.8 Å². The topological polar surface area (TPSA) is 75.0 Å². The normalized spacial score (nSPS) is 20.9. The van der Waals surface area contributed by atoms with E-state index < -0.39 is 13.2 Å². The molecule has 8 heteroatoms. The average Bonchev–Trinajstić information content (AvgIpc) is 2.98. The van der Waals surface area contributed by atoms with Gasteiger partial charge < -0.3 is 23.9 Å². The van der Waals surface area contributed by atoms with Crippen LogP contribution in [-0.2, 0) is 25.3 Å². The Labute approximate surface area is 138 Å². The second-order valence-electron chi connectivity index (χ2n) is 6.81. The Morgan fingerprint density at radius 2 is 1.91 bits per heavy atom. The number of aliphatic hydroxyl groups excluding tert-OH is 1. The molecule has 0 amide bonds. The Bertz CT molecular complexity index is 490. The van der Waals surface area contributed by atoms with Crippen LogP contribution in [0.25, 0.3) is 0 Å². The van der Waals surface area contributed by atoms with Crippen LogP contribution in [0.3, 0.4) is 0 Å². The summed E-state index contributed by atoms with van der Waals surface area (Å²) in [6.45, 7) is 9.63. The lowest BCUT2D eigenvalue weighted by molar-refractivity contribution is 0.00578. The summed E-state index contributed by atoms with van der Waals surface area (Å²) in [6.07, 6.45) is 2.92. The minimum absolute atomic E-state index is 0.245. The summed E-state index contributed by atoms with van der Waals surface area (Å²) < 4.78 is 23.8. The van der Waals surface area contributed by atoms with E-state index in [1.54, 1.807) is 18.0 Å². The zero-order chi connectivity index (χ0) is 17.1. The maximum Gasteiger partial charge on any atom is 0.498 e. The molecule has 2 heterocycles. The molecular weight excluding hydrogens is 299 g/mol. The Morgan fingerprint density at radius 3 is 2.52 bits per heavy atom. The van der Waals surface area contributed by atoms with Crippen molar-refractivity contribution in [2.24, 2.45) is 0 Å². The van der Waals surface area contributed by atoms with E-state index in [-0.39, 0.29) is 17.8 Å². The molecule has 23 heavy (non-hydrogen) atoms.